The summed E-state index contributed by atoms with van der Waals surface area (Å²) in [5.41, 5.74) is 0.703. The van der Waals surface area contributed by atoms with Gasteiger partial charge in [-0.05, 0) is 30.7 Å². The van der Waals surface area contributed by atoms with E-state index in [4.69, 9.17) is 23.2 Å². The summed E-state index contributed by atoms with van der Waals surface area (Å²) in [5.74, 6) is -0.0859. The molecule has 2 aromatic carbocycles. The molecule has 2 fully saturated rings. The van der Waals surface area contributed by atoms with Gasteiger partial charge >= 0.3 is 0 Å². The third kappa shape index (κ3) is 3.88. The summed E-state index contributed by atoms with van der Waals surface area (Å²) < 4.78 is 0. The van der Waals surface area contributed by atoms with Crippen LogP contribution in [-0.4, -0.2) is 47.8 Å². The molecule has 2 aliphatic heterocycles. The van der Waals surface area contributed by atoms with E-state index in [-0.39, 0.29) is 22.6 Å². The Labute approximate surface area is 181 Å². The Morgan fingerprint density at radius 2 is 1.07 bits per heavy atom. The lowest BCUT2D eigenvalue weighted by atomic mass is 9.65. The predicted octanol–water partition coefficient (Wildman–Crippen LogP) is 5.01. The lowest BCUT2D eigenvalue weighted by Crippen LogP contribution is -2.64. The third-order valence-corrected chi connectivity index (χ3v) is 6.59. The summed E-state index contributed by atoms with van der Waals surface area (Å²) >= 11 is 12.5. The van der Waals surface area contributed by atoms with Crippen molar-refractivity contribution in [3.8, 4) is 0 Å². The molecule has 4 nitrogen and oxygen atoms in total. The molecule has 152 valence electrons. The highest BCUT2D eigenvalue weighted by atomic mass is 35.5. The SMILES string of the molecule is CC12CN(C(=O)c3ccccc3Cl)CC(C)(CN(C(=O)c3ccccc3Cl)C1)C2. The Morgan fingerprint density at radius 1 is 0.724 bits per heavy atom. The topological polar surface area (TPSA) is 40.6 Å². The van der Waals surface area contributed by atoms with Crippen LogP contribution in [0.1, 0.15) is 41.0 Å². The smallest absolute Gasteiger partial charge is 0.255 e. The van der Waals surface area contributed by atoms with Gasteiger partial charge in [-0.25, -0.2) is 0 Å². The van der Waals surface area contributed by atoms with E-state index in [1.165, 1.54) is 0 Å². The van der Waals surface area contributed by atoms with Crippen molar-refractivity contribution in [2.75, 3.05) is 26.2 Å². The summed E-state index contributed by atoms with van der Waals surface area (Å²) in [6.45, 7) is 6.70. The van der Waals surface area contributed by atoms with Gasteiger partial charge in [-0.15, -0.1) is 0 Å². The van der Waals surface area contributed by atoms with Gasteiger partial charge in [-0.2, -0.15) is 0 Å². The monoisotopic (exact) mass is 430 g/mol. The molecule has 2 bridgehead atoms. The van der Waals surface area contributed by atoms with Crippen LogP contribution in [0.25, 0.3) is 0 Å². The minimum atomic E-state index is -0.181. The zero-order valence-corrected chi connectivity index (χ0v) is 18.1. The molecule has 0 aliphatic carbocycles. The second-order valence-electron chi connectivity index (χ2n) is 9.08. The first kappa shape index (κ1) is 20.2. The Morgan fingerprint density at radius 3 is 1.41 bits per heavy atom. The fourth-order valence-electron chi connectivity index (χ4n) is 5.21. The second kappa shape index (κ2) is 7.33. The lowest BCUT2D eigenvalue weighted by molar-refractivity contribution is -0.0538. The van der Waals surface area contributed by atoms with Crippen molar-refractivity contribution in [2.24, 2.45) is 10.8 Å². The van der Waals surface area contributed by atoms with Crippen molar-refractivity contribution in [3.63, 3.8) is 0 Å². The molecule has 2 saturated heterocycles. The van der Waals surface area contributed by atoms with Crippen molar-refractivity contribution >= 4 is 35.0 Å². The summed E-state index contributed by atoms with van der Waals surface area (Å²) in [4.78, 5) is 30.1. The maximum Gasteiger partial charge on any atom is 0.255 e. The molecule has 0 radical (unpaired) electrons. The Balaban J connectivity index is 1.58. The number of hydrogen-bond acceptors (Lipinski definition) is 2. The fraction of sp³-hybridized carbons (Fsp3) is 0.391. The molecule has 6 heteroatoms. The molecule has 2 heterocycles. The number of benzene rings is 2. The van der Waals surface area contributed by atoms with Crippen LogP contribution in [0.5, 0.6) is 0 Å². The van der Waals surface area contributed by atoms with Gasteiger partial charge in [0, 0.05) is 37.0 Å². The molecule has 2 amide bonds. The zero-order chi connectivity index (χ0) is 20.8. The van der Waals surface area contributed by atoms with Crippen LogP contribution in [0.15, 0.2) is 48.5 Å². The average molecular weight is 431 g/mol. The van der Waals surface area contributed by atoms with E-state index in [0.717, 1.165) is 6.42 Å². The van der Waals surface area contributed by atoms with Crippen LogP contribution < -0.4 is 0 Å². The number of rotatable bonds is 2. The van der Waals surface area contributed by atoms with Crippen LogP contribution in [0, 0.1) is 10.8 Å². The quantitative estimate of drug-likeness (QED) is 0.671. The van der Waals surface area contributed by atoms with Gasteiger partial charge in [0.1, 0.15) is 0 Å². The highest BCUT2D eigenvalue weighted by molar-refractivity contribution is 6.34. The first-order valence-electron chi connectivity index (χ1n) is 9.77. The van der Waals surface area contributed by atoms with E-state index in [9.17, 15) is 9.59 Å². The lowest BCUT2D eigenvalue weighted by Gasteiger charge is -2.56. The molecular formula is C23H24Cl2N2O2. The maximum atomic E-state index is 13.2. The second-order valence-corrected chi connectivity index (χ2v) is 9.89. The van der Waals surface area contributed by atoms with E-state index in [0.29, 0.717) is 47.4 Å². The van der Waals surface area contributed by atoms with Gasteiger partial charge in [0.05, 0.1) is 21.2 Å². The highest BCUT2D eigenvalue weighted by Gasteiger charge is 2.50. The summed E-state index contributed by atoms with van der Waals surface area (Å²) in [5, 5.41) is 0.943. The number of carbonyl (C=O) groups is 2. The normalized spacial score (nSPS) is 26.3. The van der Waals surface area contributed by atoms with Crippen molar-refractivity contribution in [2.45, 2.75) is 20.3 Å². The van der Waals surface area contributed by atoms with E-state index >= 15 is 0 Å². The Hall–Kier alpha value is -2.04. The minimum absolute atomic E-state index is 0.0429. The number of piperidine rings is 2. The van der Waals surface area contributed by atoms with Crippen LogP contribution in [0.2, 0.25) is 10.0 Å². The van der Waals surface area contributed by atoms with Crippen LogP contribution in [0.3, 0.4) is 0 Å². The van der Waals surface area contributed by atoms with E-state index in [2.05, 4.69) is 13.8 Å². The molecule has 0 N–H and O–H groups in total. The number of nitrogens with zero attached hydrogens (tertiary/aromatic N) is 2. The largest absolute Gasteiger partial charge is 0.337 e. The van der Waals surface area contributed by atoms with Gasteiger partial charge in [0.15, 0.2) is 0 Å². The standard InChI is InChI=1S/C23H24Cl2N2O2/c1-22-11-23(2,14-26(12-22)20(28)16-7-3-5-9-18(16)24)15-27(13-22)21(29)17-8-4-6-10-19(17)25/h3-10H,11-15H2,1-2H3. The third-order valence-electron chi connectivity index (χ3n) is 5.93. The van der Waals surface area contributed by atoms with Crippen LogP contribution >= 0.6 is 23.2 Å². The zero-order valence-electron chi connectivity index (χ0n) is 16.6. The molecule has 29 heavy (non-hydrogen) atoms. The molecule has 2 aromatic rings. The molecule has 0 atom stereocenters. The molecule has 0 spiro atoms. The number of halogens is 2. The summed E-state index contributed by atoms with van der Waals surface area (Å²) in [6.07, 6.45) is 0.971. The summed E-state index contributed by atoms with van der Waals surface area (Å²) in [6, 6.07) is 14.3. The molecule has 0 unspecified atom stereocenters. The molecule has 0 saturated carbocycles. The Kier molecular flexibility index (Phi) is 5.12. The van der Waals surface area contributed by atoms with E-state index in [1.807, 2.05) is 34.1 Å². The maximum absolute atomic E-state index is 13.2. The highest BCUT2D eigenvalue weighted by Crippen LogP contribution is 2.46. The van der Waals surface area contributed by atoms with E-state index < -0.39 is 0 Å². The van der Waals surface area contributed by atoms with Gasteiger partial charge in [0.2, 0.25) is 0 Å². The number of amides is 2. The molecule has 2 aliphatic rings. The average Bonchev–Trinajstić information content (AvgIpc) is 2.65. The predicted molar refractivity (Wildman–Crippen MR) is 116 cm³/mol. The van der Waals surface area contributed by atoms with Gasteiger partial charge in [-0.1, -0.05) is 61.3 Å². The molecule has 4 rings (SSSR count). The van der Waals surface area contributed by atoms with Crippen LogP contribution in [0.4, 0.5) is 0 Å². The fourth-order valence-corrected chi connectivity index (χ4v) is 5.64. The molecular weight excluding hydrogens is 407 g/mol. The minimum Gasteiger partial charge on any atom is -0.337 e. The number of likely N-dealkylation sites (tertiary alicyclic amines) is 2. The first-order chi connectivity index (χ1) is 13.7. The molecule has 0 aromatic heterocycles. The van der Waals surface area contributed by atoms with E-state index in [1.54, 1.807) is 24.3 Å². The van der Waals surface area contributed by atoms with Crippen molar-refractivity contribution in [1.29, 1.82) is 0 Å². The van der Waals surface area contributed by atoms with Crippen molar-refractivity contribution in [1.82, 2.24) is 9.80 Å². The van der Waals surface area contributed by atoms with Gasteiger partial charge in [0.25, 0.3) is 11.8 Å². The van der Waals surface area contributed by atoms with Crippen molar-refractivity contribution < 1.29 is 9.59 Å². The van der Waals surface area contributed by atoms with Gasteiger partial charge < -0.3 is 9.80 Å². The van der Waals surface area contributed by atoms with Gasteiger partial charge in [-0.3, -0.25) is 9.59 Å². The number of fused-ring (bicyclic) bond motifs is 2. The first-order valence-corrected chi connectivity index (χ1v) is 10.5. The number of carbonyl (C=O) groups excluding carboxylic acids is 2. The number of hydrogen-bond donors (Lipinski definition) is 0. The van der Waals surface area contributed by atoms with Crippen molar-refractivity contribution in [3.05, 3.63) is 69.7 Å². The Bertz CT molecular complexity index is 885. The summed E-state index contributed by atoms with van der Waals surface area (Å²) in [7, 11) is 0. The van der Waals surface area contributed by atoms with Crippen LogP contribution in [-0.2, 0) is 0 Å².